The summed E-state index contributed by atoms with van der Waals surface area (Å²) >= 11 is 0. The predicted octanol–water partition coefficient (Wildman–Crippen LogP) is 4.25. The zero-order chi connectivity index (χ0) is 26.5. The van der Waals surface area contributed by atoms with E-state index in [0.717, 1.165) is 21.6 Å². The second-order valence-electron chi connectivity index (χ2n) is 9.68. The Balaban J connectivity index is 1.70. The minimum absolute atomic E-state index is 0.0552. The highest BCUT2D eigenvalue weighted by Gasteiger charge is 2.34. The Labute approximate surface area is 210 Å². The van der Waals surface area contributed by atoms with Gasteiger partial charge in [-0.25, -0.2) is 19.3 Å². The molecule has 2 aromatic carbocycles. The Kier molecular flexibility index (Phi) is 8.34. The van der Waals surface area contributed by atoms with Crippen LogP contribution in [0, 0.1) is 13.8 Å². The number of carbonyl (C=O) groups excluding carboxylic acids is 4. The Morgan fingerprint density at radius 3 is 2.36 bits per heavy atom. The molecule has 3 rings (SSSR count). The van der Waals surface area contributed by atoms with Crippen LogP contribution in [0.15, 0.2) is 42.5 Å². The lowest BCUT2D eigenvalue weighted by Crippen LogP contribution is -2.42. The fraction of sp³-hybridized carbons (Fsp3) is 0.407. The van der Waals surface area contributed by atoms with Crippen LogP contribution < -0.4 is 5.32 Å². The van der Waals surface area contributed by atoms with Gasteiger partial charge in [-0.1, -0.05) is 42.0 Å². The molecule has 2 aromatic rings. The Morgan fingerprint density at radius 1 is 1.08 bits per heavy atom. The first-order valence-electron chi connectivity index (χ1n) is 11.7. The Hall–Kier alpha value is -3.88. The van der Waals surface area contributed by atoms with Crippen molar-refractivity contribution in [3.63, 3.8) is 0 Å². The molecular weight excluding hydrogens is 464 g/mol. The van der Waals surface area contributed by atoms with Crippen LogP contribution in [0.2, 0.25) is 0 Å². The van der Waals surface area contributed by atoms with E-state index in [9.17, 15) is 19.2 Å². The van der Waals surface area contributed by atoms with Crippen LogP contribution in [-0.4, -0.2) is 54.3 Å². The highest BCUT2D eigenvalue weighted by atomic mass is 16.6. The van der Waals surface area contributed by atoms with Gasteiger partial charge in [-0.3, -0.25) is 4.79 Å². The molecule has 1 fully saturated rings. The number of carbonyl (C=O) groups is 4. The monoisotopic (exact) mass is 496 g/mol. The number of hydrogen-bond donors (Lipinski definition) is 1. The molecule has 1 aliphatic rings. The van der Waals surface area contributed by atoms with Crippen LogP contribution in [-0.2, 0) is 25.6 Å². The van der Waals surface area contributed by atoms with Gasteiger partial charge in [0.25, 0.3) is 0 Å². The van der Waals surface area contributed by atoms with E-state index in [0.29, 0.717) is 11.1 Å². The lowest BCUT2D eigenvalue weighted by molar-refractivity contribution is -0.129. The molecule has 0 radical (unpaired) electrons. The number of aryl methyl sites for hydroxylation is 2. The zero-order valence-electron chi connectivity index (χ0n) is 21.3. The number of benzene rings is 2. The van der Waals surface area contributed by atoms with Gasteiger partial charge in [-0.2, -0.15) is 0 Å². The number of nitrogens with zero attached hydrogens (tertiary/aromatic N) is 1. The molecule has 36 heavy (non-hydrogen) atoms. The molecule has 3 amide bonds. The van der Waals surface area contributed by atoms with Crippen LogP contribution in [0.1, 0.15) is 59.3 Å². The molecule has 1 heterocycles. The summed E-state index contributed by atoms with van der Waals surface area (Å²) in [6.45, 7) is 9.28. The fourth-order valence-corrected chi connectivity index (χ4v) is 3.74. The van der Waals surface area contributed by atoms with Gasteiger partial charge in [0.1, 0.15) is 18.8 Å². The molecule has 1 saturated heterocycles. The van der Waals surface area contributed by atoms with Gasteiger partial charge < -0.3 is 19.5 Å². The maximum Gasteiger partial charge on any atom is 0.416 e. The predicted molar refractivity (Wildman–Crippen MR) is 132 cm³/mol. The van der Waals surface area contributed by atoms with E-state index in [-0.39, 0.29) is 26.3 Å². The molecule has 1 unspecified atom stereocenters. The number of alkyl carbamates (subject to hydrolysis) is 1. The van der Waals surface area contributed by atoms with Crippen LogP contribution in [0.4, 0.5) is 9.59 Å². The SMILES string of the molecule is Cc1ccc(C(=O)OCc2ccc(C(CNC(=O)OC(C)(C)C)C(=O)N3CCOC3=O)cc2)c(C)c1. The van der Waals surface area contributed by atoms with Crippen molar-refractivity contribution in [1.29, 1.82) is 0 Å². The van der Waals surface area contributed by atoms with E-state index in [1.807, 2.05) is 26.0 Å². The summed E-state index contributed by atoms with van der Waals surface area (Å²) < 4.78 is 15.6. The van der Waals surface area contributed by atoms with E-state index in [1.54, 1.807) is 51.1 Å². The fourth-order valence-electron chi connectivity index (χ4n) is 3.74. The smallest absolute Gasteiger partial charge is 0.416 e. The molecule has 0 spiro atoms. The number of amides is 3. The lowest BCUT2D eigenvalue weighted by Gasteiger charge is -2.23. The minimum atomic E-state index is -0.838. The third kappa shape index (κ3) is 7.07. The summed E-state index contributed by atoms with van der Waals surface area (Å²) in [6, 6.07) is 12.4. The summed E-state index contributed by atoms with van der Waals surface area (Å²) in [5, 5.41) is 2.61. The van der Waals surface area contributed by atoms with Crippen LogP contribution in [0.25, 0.3) is 0 Å². The van der Waals surface area contributed by atoms with Crippen molar-refractivity contribution >= 4 is 24.1 Å². The number of ether oxygens (including phenoxy) is 3. The average molecular weight is 497 g/mol. The third-order valence-corrected chi connectivity index (χ3v) is 5.53. The standard InChI is InChI=1S/C27H32N2O7/c1-17-6-11-21(18(2)14-17)24(31)35-16-19-7-9-20(10-8-19)22(15-28-25(32)36-27(3,4)5)23(30)29-12-13-34-26(29)33/h6-11,14,22H,12-13,15-16H2,1-5H3,(H,28,32). The largest absolute Gasteiger partial charge is 0.457 e. The van der Waals surface area contributed by atoms with E-state index in [2.05, 4.69) is 5.32 Å². The minimum Gasteiger partial charge on any atom is -0.457 e. The van der Waals surface area contributed by atoms with Crippen molar-refractivity contribution in [2.45, 2.75) is 52.7 Å². The highest BCUT2D eigenvalue weighted by Crippen LogP contribution is 2.22. The average Bonchev–Trinajstić information content (AvgIpc) is 3.23. The maximum atomic E-state index is 13.1. The van der Waals surface area contributed by atoms with Crippen molar-refractivity contribution in [3.8, 4) is 0 Å². The lowest BCUT2D eigenvalue weighted by atomic mass is 9.96. The maximum absolute atomic E-state index is 13.1. The quantitative estimate of drug-likeness (QED) is 0.451. The van der Waals surface area contributed by atoms with Crippen molar-refractivity contribution in [2.75, 3.05) is 19.7 Å². The van der Waals surface area contributed by atoms with Crippen molar-refractivity contribution in [2.24, 2.45) is 0 Å². The van der Waals surface area contributed by atoms with E-state index in [1.165, 1.54) is 0 Å². The van der Waals surface area contributed by atoms with E-state index in [4.69, 9.17) is 14.2 Å². The molecular formula is C27H32N2O7. The summed E-state index contributed by atoms with van der Waals surface area (Å²) in [5.41, 5.74) is 3.03. The van der Waals surface area contributed by atoms with Crippen molar-refractivity contribution in [1.82, 2.24) is 10.2 Å². The topological polar surface area (TPSA) is 111 Å². The third-order valence-electron chi connectivity index (χ3n) is 5.53. The number of imide groups is 1. The first kappa shape index (κ1) is 26.7. The van der Waals surface area contributed by atoms with Gasteiger partial charge in [-0.15, -0.1) is 0 Å². The van der Waals surface area contributed by atoms with Crippen molar-refractivity contribution < 1.29 is 33.4 Å². The normalized spacial score (nSPS) is 14.1. The van der Waals surface area contributed by atoms with Crippen LogP contribution in [0.3, 0.4) is 0 Å². The summed E-state index contributed by atoms with van der Waals surface area (Å²) in [5.74, 6) is -1.74. The summed E-state index contributed by atoms with van der Waals surface area (Å²) in [6.07, 6.45) is -1.38. The van der Waals surface area contributed by atoms with E-state index < -0.39 is 35.6 Å². The zero-order valence-corrected chi connectivity index (χ0v) is 21.3. The van der Waals surface area contributed by atoms with Crippen LogP contribution in [0.5, 0.6) is 0 Å². The molecule has 9 nitrogen and oxygen atoms in total. The summed E-state index contributed by atoms with van der Waals surface area (Å²) in [7, 11) is 0. The Bertz CT molecular complexity index is 1140. The number of nitrogens with one attached hydrogen (secondary N) is 1. The van der Waals surface area contributed by atoms with Gasteiger partial charge in [0, 0.05) is 6.54 Å². The second kappa shape index (κ2) is 11.2. The molecule has 1 aliphatic heterocycles. The molecule has 9 heteroatoms. The molecule has 0 saturated carbocycles. The first-order chi connectivity index (χ1) is 16.9. The van der Waals surface area contributed by atoms with Gasteiger partial charge in [0.15, 0.2) is 0 Å². The van der Waals surface area contributed by atoms with E-state index >= 15 is 0 Å². The molecule has 1 atom stereocenters. The van der Waals surface area contributed by atoms with Gasteiger partial charge in [0.05, 0.1) is 18.0 Å². The molecule has 192 valence electrons. The first-order valence-corrected chi connectivity index (χ1v) is 11.7. The highest BCUT2D eigenvalue weighted by molar-refractivity contribution is 5.97. The number of esters is 1. The molecule has 0 aliphatic carbocycles. The summed E-state index contributed by atoms with van der Waals surface area (Å²) in [4.78, 5) is 50.8. The molecule has 0 aromatic heterocycles. The van der Waals surface area contributed by atoms with Gasteiger partial charge in [-0.05, 0) is 57.4 Å². The molecule has 1 N–H and O–H groups in total. The second-order valence-corrected chi connectivity index (χ2v) is 9.68. The van der Waals surface area contributed by atoms with Gasteiger partial charge in [0.2, 0.25) is 5.91 Å². The number of hydrogen-bond acceptors (Lipinski definition) is 7. The number of rotatable bonds is 7. The number of cyclic esters (lactones) is 1. The van der Waals surface area contributed by atoms with Crippen LogP contribution >= 0.6 is 0 Å². The Morgan fingerprint density at radius 2 is 1.78 bits per heavy atom. The van der Waals surface area contributed by atoms with Crippen molar-refractivity contribution in [3.05, 3.63) is 70.3 Å². The van der Waals surface area contributed by atoms with Gasteiger partial charge >= 0.3 is 18.2 Å². The molecule has 0 bridgehead atoms.